The smallest absolute Gasteiger partial charge is 0.221 e. The Kier molecular flexibility index (Phi) is 12.2. The Bertz CT molecular complexity index is 649. The van der Waals surface area contributed by atoms with E-state index in [4.69, 9.17) is 0 Å². The van der Waals surface area contributed by atoms with E-state index in [0.717, 1.165) is 54.9 Å². The summed E-state index contributed by atoms with van der Waals surface area (Å²) in [5, 5.41) is 2.97. The van der Waals surface area contributed by atoms with E-state index in [9.17, 15) is 9.59 Å². The zero-order chi connectivity index (χ0) is 21.6. The van der Waals surface area contributed by atoms with Gasteiger partial charge < -0.3 is 21.0 Å². The van der Waals surface area contributed by atoms with Crippen molar-refractivity contribution < 1.29 is 9.59 Å². The van der Waals surface area contributed by atoms with Crippen molar-refractivity contribution in [3.8, 4) is 0 Å². The zero-order valence-corrected chi connectivity index (χ0v) is 19.2. The molecule has 0 aromatic carbocycles. The van der Waals surface area contributed by atoms with Gasteiger partial charge >= 0.3 is 0 Å². The van der Waals surface area contributed by atoms with Gasteiger partial charge in [0.15, 0.2) is 0 Å². The van der Waals surface area contributed by atoms with Crippen molar-refractivity contribution in [3.05, 3.63) is 47.3 Å². The number of hydrogen-bond donors (Lipinski definition) is 3. The molecule has 1 heterocycles. The van der Waals surface area contributed by atoms with Crippen LogP contribution in [0, 0.1) is 5.92 Å². The van der Waals surface area contributed by atoms with Crippen molar-refractivity contribution in [1.82, 2.24) is 16.2 Å². The van der Waals surface area contributed by atoms with Crippen LogP contribution < -0.4 is 16.2 Å². The van der Waals surface area contributed by atoms with Gasteiger partial charge in [0.2, 0.25) is 5.91 Å². The largest absolute Gasteiger partial charge is 0.347 e. The maximum atomic E-state index is 12.1. The molecular weight excluding hydrogens is 382 g/mol. The van der Waals surface area contributed by atoms with Crippen LogP contribution in [0.3, 0.4) is 0 Å². The molecule has 0 bridgehead atoms. The van der Waals surface area contributed by atoms with Gasteiger partial charge in [-0.15, -0.1) is 0 Å². The Hall–Kier alpha value is -1.95. The number of carbonyl (C=O) groups is 2. The molecule has 29 heavy (non-hydrogen) atoms. The minimum atomic E-state index is -0.273. The van der Waals surface area contributed by atoms with Crippen LogP contribution in [0.2, 0.25) is 0 Å². The fourth-order valence-corrected chi connectivity index (χ4v) is 3.77. The van der Waals surface area contributed by atoms with E-state index in [1.165, 1.54) is 11.1 Å². The fourth-order valence-electron chi connectivity index (χ4n) is 2.80. The Morgan fingerprint density at radius 3 is 2.76 bits per heavy atom. The molecule has 0 radical (unpaired) electrons. The standard InChI is InChI=1S/C23H37N3O2S/c1-17(2)8-6-9-18(3)10-7-11-21-12-13-29-16-22(20(5)25-26-21)24-23(28)14-19(4)15-27/h8,10,12,15,19,22,25-26H,5-7,9,11,13-14,16H2,1-4H3,(H,24,28)/b18-10+,21-12-. The summed E-state index contributed by atoms with van der Waals surface area (Å²) in [5.74, 6) is 1.21. The van der Waals surface area contributed by atoms with Crippen molar-refractivity contribution in [2.24, 2.45) is 5.92 Å². The topological polar surface area (TPSA) is 70.2 Å². The van der Waals surface area contributed by atoms with Crippen LogP contribution in [0.15, 0.2) is 47.3 Å². The number of carbonyl (C=O) groups excluding carboxylic acids is 2. The van der Waals surface area contributed by atoms with E-state index in [0.29, 0.717) is 0 Å². The first kappa shape index (κ1) is 25.1. The number of amides is 1. The molecule has 1 rings (SSSR count). The van der Waals surface area contributed by atoms with Gasteiger partial charge in [0, 0.05) is 35.2 Å². The molecular formula is C23H37N3O2S. The Balaban J connectivity index is 2.48. The summed E-state index contributed by atoms with van der Waals surface area (Å²) in [6, 6.07) is -0.177. The molecule has 1 amide bonds. The summed E-state index contributed by atoms with van der Waals surface area (Å²) in [5.41, 5.74) is 11.0. The van der Waals surface area contributed by atoms with Crippen LogP contribution >= 0.6 is 11.8 Å². The fraction of sp³-hybridized carbons (Fsp3) is 0.565. The average Bonchev–Trinajstić information content (AvgIpc) is 2.74. The summed E-state index contributed by atoms with van der Waals surface area (Å²) in [4.78, 5) is 22.8. The summed E-state index contributed by atoms with van der Waals surface area (Å²) < 4.78 is 0. The number of rotatable bonds is 10. The third-order valence-corrected chi connectivity index (χ3v) is 5.58. The van der Waals surface area contributed by atoms with Gasteiger partial charge in [-0.1, -0.05) is 42.9 Å². The lowest BCUT2D eigenvalue weighted by atomic mass is 10.1. The Morgan fingerprint density at radius 2 is 2.07 bits per heavy atom. The molecule has 5 nitrogen and oxygen atoms in total. The molecule has 0 aromatic rings. The minimum absolute atomic E-state index is 0.126. The predicted molar refractivity (Wildman–Crippen MR) is 124 cm³/mol. The van der Waals surface area contributed by atoms with Crippen LogP contribution in [0.4, 0.5) is 0 Å². The Labute approximate surface area is 180 Å². The highest BCUT2D eigenvalue weighted by Gasteiger charge is 2.18. The van der Waals surface area contributed by atoms with Gasteiger partial charge in [-0.05, 0) is 46.5 Å². The van der Waals surface area contributed by atoms with E-state index in [2.05, 4.69) is 61.7 Å². The molecule has 3 N–H and O–H groups in total. The van der Waals surface area contributed by atoms with Crippen LogP contribution in [-0.2, 0) is 9.59 Å². The van der Waals surface area contributed by atoms with Crippen molar-refractivity contribution in [2.45, 2.75) is 65.8 Å². The first-order valence-electron chi connectivity index (χ1n) is 10.3. The van der Waals surface area contributed by atoms with E-state index >= 15 is 0 Å². The molecule has 0 spiro atoms. The SMILES string of the molecule is C=C1NN/C(CC/C=C(\C)CCC=C(C)C)=C\CSCC1NC(=O)CC(C)C=O. The predicted octanol–water partition coefficient (Wildman–Crippen LogP) is 4.41. The molecule has 2 unspecified atom stereocenters. The summed E-state index contributed by atoms with van der Waals surface area (Å²) in [6.07, 6.45) is 11.9. The van der Waals surface area contributed by atoms with Crippen LogP contribution in [0.25, 0.3) is 0 Å². The lowest BCUT2D eigenvalue weighted by Crippen LogP contribution is -2.45. The number of aldehydes is 1. The monoisotopic (exact) mass is 419 g/mol. The van der Waals surface area contributed by atoms with Gasteiger partial charge in [0.1, 0.15) is 6.29 Å². The third kappa shape index (κ3) is 11.6. The molecule has 0 fully saturated rings. The van der Waals surface area contributed by atoms with E-state index in [1.54, 1.807) is 18.7 Å². The van der Waals surface area contributed by atoms with Gasteiger partial charge in [-0.3, -0.25) is 4.79 Å². The second-order valence-electron chi connectivity index (χ2n) is 7.89. The van der Waals surface area contributed by atoms with Crippen molar-refractivity contribution in [3.63, 3.8) is 0 Å². The van der Waals surface area contributed by atoms with Crippen LogP contribution in [0.1, 0.15) is 59.8 Å². The van der Waals surface area contributed by atoms with E-state index in [-0.39, 0.29) is 24.3 Å². The first-order chi connectivity index (χ1) is 13.8. The maximum absolute atomic E-state index is 12.1. The number of hydrogen-bond acceptors (Lipinski definition) is 5. The van der Waals surface area contributed by atoms with Crippen molar-refractivity contribution >= 4 is 24.0 Å². The van der Waals surface area contributed by atoms with Gasteiger partial charge in [0.05, 0.1) is 6.04 Å². The molecule has 2 atom stereocenters. The van der Waals surface area contributed by atoms with E-state index < -0.39 is 0 Å². The van der Waals surface area contributed by atoms with Gasteiger partial charge in [0.25, 0.3) is 0 Å². The van der Waals surface area contributed by atoms with Crippen LogP contribution in [0.5, 0.6) is 0 Å². The molecule has 0 saturated heterocycles. The third-order valence-electron chi connectivity index (χ3n) is 4.61. The molecule has 162 valence electrons. The molecule has 6 heteroatoms. The van der Waals surface area contributed by atoms with E-state index in [1.807, 2.05) is 0 Å². The van der Waals surface area contributed by atoms with Crippen molar-refractivity contribution in [2.75, 3.05) is 11.5 Å². The van der Waals surface area contributed by atoms with Gasteiger partial charge in [-0.2, -0.15) is 11.8 Å². The second-order valence-corrected chi connectivity index (χ2v) is 8.96. The average molecular weight is 420 g/mol. The molecule has 0 aromatic heterocycles. The lowest BCUT2D eigenvalue weighted by Gasteiger charge is -2.22. The summed E-state index contributed by atoms with van der Waals surface area (Å²) in [6.45, 7) is 12.3. The molecule has 1 aliphatic rings. The summed E-state index contributed by atoms with van der Waals surface area (Å²) in [7, 11) is 0. The highest BCUT2D eigenvalue weighted by molar-refractivity contribution is 7.99. The molecule has 0 aliphatic carbocycles. The number of allylic oxidation sites excluding steroid dienone is 5. The lowest BCUT2D eigenvalue weighted by molar-refractivity contribution is -0.124. The minimum Gasteiger partial charge on any atom is -0.347 e. The van der Waals surface area contributed by atoms with Crippen molar-refractivity contribution in [1.29, 1.82) is 0 Å². The number of thioether (sulfide) groups is 1. The normalized spacial score (nSPS) is 20.6. The molecule has 0 saturated carbocycles. The number of nitrogens with one attached hydrogen (secondary N) is 3. The number of hydrazine groups is 1. The quantitative estimate of drug-likeness (QED) is 0.361. The highest BCUT2D eigenvalue weighted by Crippen LogP contribution is 2.15. The molecule has 1 aliphatic heterocycles. The second kappa shape index (κ2) is 14.1. The highest BCUT2D eigenvalue weighted by atomic mass is 32.2. The zero-order valence-electron chi connectivity index (χ0n) is 18.3. The van der Waals surface area contributed by atoms with Gasteiger partial charge in [-0.25, -0.2) is 0 Å². The first-order valence-corrected chi connectivity index (χ1v) is 11.5. The Morgan fingerprint density at radius 1 is 1.31 bits per heavy atom. The maximum Gasteiger partial charge on any atom is 0.221 e. The summed E-state index contributed by atoms with van der Waals surface area (Å²) >= 11 is 1.75. The van der Waals surface area contributed by atoms with Crippen LogP contribution in [-0.4, -0.2) is 29.7 Å².